The second-order valence-electron chi connectivity index (χ2n) is 5.16. The molecule has 5 heteroatoms. The van der Waals surface area contributed by atoms with E-state index >= 15 is 0 Å². The largest absolute Gasteiger partial charge is 0.369 e. The monoisotopic (exact) mass is 299 g/mol. The van der Waals surface area contributed by atoms with Crippen molar-refractivity contribution in [2.24, 2.45) is 0 Å². The molecule has 19 heavy (non-hydrogen) atoms. The minimum atomic E-state index is 0.275. The number of aromatic nitrogens is 2. The van der Waals surface area contributed by atoms with Crippen LogP contribution in [0.15, 0.2) is 6.07 Å². The molecule has 0 spiro atoms. The second kappa shape index (κ2) is 6.31. The molecule has 3 nitrogen and oxygen atoms in total. The summed E-state index contributed by atoms with van der Waals surface area (Å²) in [6.07, 6.45) is 6.85. The minimum absolute atomic E-state index is 0.275. The molecule has 1 aromatic heterocycles. The highest BCUT2D eigenvalue weighted by atomic mass is 35.5. The molecule has 1 heterocycles. The van der Waals surface area contributed by atoms with Gasteiger partial charge in [-0.2, -0.15) is 11.8 Å². The third kappa shape index (κ3) is 3.76. The third-order valence-corrected chi connectivity index (χ3v) is 5.75. The first-order valence-electron chi connectivity index (χ1n) is 6.96. The van der Waals surface area contributed by atoms with E-state index in [1.54, 1.807) is 0 Å². The molecule has 106 valence electrons. The number of nitrogens with zero attached hydrogens (tertiary/aromatic N) is 2. The summed E-state index contributed by atoms with van der Waals surface area (Å²) in [6.45, 7) is 5.40. The van der Waals surface area contributed by atoms with Crippen LogP contribution in [0.1, 0.15) is 51.3 Å². The highest BCUT2D eigenvalue weighted by Gasteiger charge is 2.28. The minimum Gasteiger partial charge on any atom is -0.369 e. The first kappa shape index (κ1) is 14.9. The molecule has 1 N–H and O–H groups in total. The van der Waals surface area contributed by atoms with E-state index < -0.39 is 0 Å². The summed E-state index contributed by atoms with van der Waals surface area (Å²) in [5.41, 5.74) is 0. The van der Waals surface area contributed by atoms with Crippen molar-refractivity contribution in [3.05, 3.63) is 17.0 Å². The van der Waals surface area contributed by atoms with Gasteiger partial charge in [0.2, 0.25) is 0 Å². The predicted molar refractivity (Wildman–Crippen MR) is 84.3 cm³/mol. The Bertz CT molecular complexity index is 422. The van der Waals surface area contributed by atoms with Crippen LogP contribution >= 0.6 is 23.4 Å². The van der Waals surface area contributed by atoms with Gasteiger partial charge in [-0.15, -0.1) is 0 Å². The van der Waals surface area contributed by atoms with Crippen LogP contribution < -0.4 is 5.32 Å². The van der Waals surface area contributed by atoms with Crippen molar-refractivity contribution >= 4 is 29.2 Å². The first-order valence-corrected chi connectivity index (χ1v) is 8.56. The molecule has 1 aliphatic rings. The number of halogens is 1. The van der Waals surface area contributed by atoms with Crippen LogP contribution in [-0.2, 0) is 0 Å². The zero-order chi connectivity index (χ0) is 13.9. The molecule has 0 unspecified atom stereocenters. The molecule has 0 amide bonds. The Balaban J connectivity index is 2.06. The standard InChI is InChI=1S/C14H22ClN3S/c1-4-14(5-2,19-3)9-16-12-8-11(15)17-13(18-12)10-6-7-10/h8,10H,4-7,9H2,1-3H3,(H,16,17,18). The molecule has 1 aromatic rings. The van der Waals surface area contributed by atoms with E-state index in [1.165, 1.54) is 12.8 Å². The van der Waals surface area contributed by atoms with Crippen molar-refractivity contribution in [2.75, 3.05) is 18.1 Å². The Hall–Kier alpha value is -0.480. The number of nitrogens with one attached hydrogen (secondary N) is 1. The van der Waals surface area contributed by atoms with Gasteiger partial charge in [0.15, 0.2) is 0 Å². The maximum absolute atomic E-state index is 6.08. The lowest BCUT2D eigenvalue weighted by molar-refractivity contribution is 0.573. The molecule has 0 saturated heterocycles. The van der Waals surface area contributed by atoms with Gasteiger partial charge in [-0.25, -0.2) is 9.97 Å². The molecular weight excluding hydrogens is 278 g/mol. The summed E-state index contributed by atoms with van der Waals surface area (Å²) >= 11 is 8.00. The lowest BCUT2D eigenvalue weighted by atomic mass is 10.0. The van der Waals surface area contributed by atoms with E-state index in [0.29, 0.717) is 11.1 Å². The van der Waals surface area contributed by atoms with Crippen molar-refractivity contribution in [2.45, 2.75) is 50.2 Å². The van der Waals surface area contributed by atoms with Gasteiger partial charge in [-0.05, 0) is 31.9 Å². The van der Waals surface area contributed by atoms with E-state index in [-0.39, 0.29) is 4.75 Å². The van der Waals surface area contributed by atoms with Gasteiger partial charge in [-0.3, -0.25) is 0 Å². The average molecular weight is 300 g/mol. The van der Waals surface area contributed by atoms with Gasteiger partial charge in [0, 0.05) is 23.3 Å². The van der Waals surface area contributed by atoms with Gasteiger partial charge in [0.1, 0.15) is 16.8 Å². The van der Waals surface area contributed by atoms with Crippen molar-refractivity contribution < 1.29 is 0 Å². The highest BCUT2D eigenvalue weighted by Crippen LogP contribution is 2.39. The van der Waals surface area contributed by atoms with Crippen LogP contribution in [0.3, 0.4) is 0 Å². The number of anilines is 1. The van der Waals surface area contributed by atoms with Crippen LogP contribution in [0.5, 0.6) is 0 Å². The fraction of sp³-hybridized carbons (Fsp3) is 0.714. The Morgan fingerprint density at radius 2 is 2.05 bits per heavy atom. The lowest BCUT2D eigenvalue weighted by Gasteiger charge is -2.30. The van der Waals surface area contributed by atoms with Crippen molar-refractivity contribution in [1.82, 2.24) is 9.97 Å². The summed E-state index contributed by atoms with van der Waals surface area (Å²) in [7, 11) is 0. The normalized spacial score (nSPS) is 15.6. The maximum Gasteiger partial charge on any atom is 0.135 e. The molecular formula is C14H22ClN3S. The molecule has 1 aliphatic carbocycles. The number of hydrogen-bond donors (Lipinski definition) is 1. The van der Waals surface area contributed by atoms with Crippen LogP contribution in [0.4, 0.5) is 5.82 Å². The number of rotatable bonds is 7. The second-order valence-corrected chi connectivity index (χ2v) is 6.82. The maximum atomic E-state index is 6.08. The first-order chi connectivity index (χ1) is 9.12. The third-order valence-electron chi connectivity index (χ3n) is 3.97. The SMILES string of the molecule is CCC(CC)(CNc1cc(Cl)nc(C2CC2)n1)SC. The van der Waals surface area contributed by atoms with Crippen molar-refractivity contribution in [3.8, 4) is 0 Å². The van der Waals surface area contributed by atoms with Gasteiger partial charge in [0.25, 0.3) is 0 Å². The highest BCUT2D eigenvalue weighted by molar-refractivity contribution is 8.00. The van der Waals surface area contributed by atoms with E-state index in [1.807, 2.05) is 17.8 Å². The topological polar surface area (TPSA) is 37.8 Å². The summed E-state index contributed by atoms with van der Waals surface area (Å²) in [5, 5.41) is 3.99. The van der Waals surface area contributed by atoms with Gasteiger partial charge >= 0.3 is 0 Å². The summed E-state index contributed by atoms with van der Waals surface area (Å²) in [6, 6.07) is 1.82. The lowest BCUT2D eigenvalue weighted by Crippen LogP contribution is -2.32. The smallest absolute Gasteiger partial charge is 0.135 e. The molecule has 0 aliphatic heterocycles. The van der Waals surface area contributed by atoms with Crippen molar-refractivity contribution in [3.63, 3.8) is 0 Å². The zero-order valence-corrected chi connectivity index (χ0v) is 13.4. The van der Waals surface area contributed by atoms with Gasteiger partial charge in [0.05, 0.1) is 0 Å². The summed E-state index contributed by atoms with van der Waals surface area (Å²) < 4.78 is 0.275. The Morgan fingerprint density at radius 1 is 1.37 bits per heavy atom. The Labute approximate surface area is 124 Å². The van der Waals surface area contributed by atoms with E-state index in [2.05, 4.69) is 35.4 Å². The number of hydrogen-bond acceptors (Lipinski definition) is 4. The number of thioether (sulfide) groups is 1. The predicted octanol–water partition coefficient (Wildman–Crippen LogP) is 4.34. The van der Waals surface area contributed by atoms with E-state index in [9.17, 15) is 0 Å². The Morgan fingerprint density at radius 3 is 2.58 bits per heavy atom. The van der Waals surface area contributed by atoms with Crippen LogP contribution in [0.2, 0.25) is 5.15 Å². The van der Waals surface area contributed by atoms with E-state index in [4.69, 9.17) is 11.6 Å². The van der Waals surface area contributed by atoms with Crippen molar-refractivity contribution in [1.29, 1.82) is 0 Å². The average Bonchev–Trinajstić information content (AvgIpc) is 3.25. The molecule has 0 atom stereocenters. The molecule has 1 fully saturated rings. The zero-order valence-electron chi connectivity index (χ0n) is 11.9. The molecule has 0 aromatic carbocycles. The van der Waals surface area contributed by atoms with Crippen LogP contribution in [0.25, 0.3) is 0 Å². The quantitative estimate of drug-likeness (QED) is 0.760. The van der Waals surface area contributed by atoms with Crippen LogP contribution in [-0.4, -0.2) is 27.5 Å². The van der Waals surface area contributed by atoms with E-state index in [0.717, 1.165) is 31.0 Å². The van der Waals surface area contributed by atoms with Gasteiger partial charge < -0.3 is 5.32 Å². The molecule has 2 rings (SSSR count). The fourth-order valence-corrected chi connectivity index (χ4v) is 3.15. The molecule has 0 bridgehead atoms. The molecule has 1 saturated carbocycles. The summed E-state index contributed by atoms with van der Waals surface area (Å²) in [5.74, 6) is 2.29. The Kier molecular flexibility index (Phi) is 4.96. The van der Waals surface area contributed by atoms with Crippen LogP contribution in [0, 0.1) is 0 Å². The van der Waals surface area contributed by atoms with Gasteiger partial charge in [-0.1, -0.05) is 25.4 Å². The molecule has 0 radical (unpaired) electrons. The summed E-state index contributed by atoms with van der Waals surface area (Å²) in [4.78, 5) is 8.90. The fourth-order valence-electron chi connectivity index (χ4n) is 2.16.